The van der Waals surface area contributed by atoms with Crippen LogP contribution < -0.4 is 5.32 Å². The molecule has 3 N–H and O–H groups in total. The molecule has 0 bridgehead atoms. The summed E-state index contributed by atoms with van der Waals surface area (Å²) in [6, 6.07) is 8.79. The number of rotatable bonds is 5. The summed E-state index contributed by atoms with van der Waals surface area (Å²) in [6.45, 7) is 0. The minimum absolute atomic E-state index is 0.0899. The first kappa shape index (κ1) is 17.8. The maximum Gasteiger partial charge on any atom is 0.335 e. The second kappa shape index (κ2) is 7.09. The minimum Gasteiger partial charge on any atom is -0.478 e. The number of hydrogen-bond acceptors (Lipinski definition) is 4. The summed E-state index contributed by atoms with van der Waals surface area (Å²) >= 11 is 0. The topological polar surface area (TPSA) is 86.6 Å². The number of hydrogen-bond donors (Lipinski definition) is 3. The molecule has 134 valence electrons. The van der Waals surface area contributed by atoms with Crippen molar-refractivity contribution in [3.8, 4) is 0 Å². The summed E-state index contributed by atoms with van der Waals surface area (Å²) in [5.74, 6) is -1.66. The monoisotopic (exact) mass is 355 g/mol. The highest BCUT2D eigenvalue weighted by molar-refractivity contribution is 6.05. The van der Waals surface area contributed by atoms with Gasteiger partial charge in [0.1, 0.15) is 5.82 Å². The third-order valence-corrected chi connectivity index (χ3v) is 4.48. The van der Waals surface area contributed by atoms with Gasteiger partial charge in [-0.15, -0.1) is 0 Å². The number of benzene rings is 2. The molecule has 3 rings (SSSR count). The number of carbonyl (C=O) groups is 2. The van der Waals surface area contributed by atoms with E-state index in [4.69, 9.17) is 5.11 Å². The zero-order chi connectivity index (χ0) is 18.8. The van der Waals surface area contributed by atoms with Crippen LogP contribution in [0.25, 0.3) is 6.08 Å². The van der Waals surface area contributed by atoms with Gasteiger partial charge in [0.2, 0.25) is 0 Å². The molecule has 1 aliphatic carbocycles. The molecular weight excluding hydrogens is 337 g/mol. The first-order valence-corrected chi connectivity index (χ1v) is 8.14. The number of carboxylic acid groups (broad SMARTS) is 1. The van der Waals surface area contributed by atoms with Gasteiger partial charge < -0.3 is 15.5 Å². The fourth-order valence-corrected chi connectivity index (χ4v) is 3.12. The van der Waals surface area contributed by atoms with Crippen LogP contribution in [0.4, 0.5) is 10.1 Å². The normalized spacial score (nSPS) is 14.4. The van der Waals surface area contributed by atoms with Crippen molar-refractivity contribution < 1.29 is 24.2 Å². The molecule has 1 unspecified atom stereocenters. The number of anilines is 1. The Labute approximate surface area is 149 Å². The molecule has 0 heterocycles. The highest BCUT2D eigenvalue weighted by Crippen LogP contribution is 2.31. The molecule has 1 aliphatic rings. The summed E-state index contributed by atoms with van der Waals surface area (Å²) in [5, 5.41) is 22.3. The van der Waals surface area contributed by atoms with E-state index >= 15 is 0 Å². The maximum atomic E-state index is 13.8. The second-order valence-electron chi connectivity index (χ2n) is 6.19. The van der Waals surface area contributed by atoms with Gasteiger partial charge in [-0.05, 0) is 47.0 Å². The number of halogens is 1. The van der Waals surface area contributed by atoms with E-state index in [0.29, 0.717) is 22.4 Å². The summed E-state index contributed by atoms with van der Waals surface area (Å²) in [6.07, 6.45) is 0.738. The number of aliphatic hydroxyl groups is 1. The molecule has 2 aromatic rings. The summed E-state index contributed by atoms with van der Waals surface area (Å²) in [5.41, 5.74) is 2.93. The van der Waals surface area contributed by atoms with Crippen LogP contribution in [-0.4, -0.2) is 35.1 Å². The summed E-state index contributed by atoms with van der Waals surface area (Å²) < 4.78 is 13.8. The van der Waals surface area contributed by atoms with E-state index < -0.39 is 17.9 Å². The Morgan fingerprint density at radius 1 is 1.27 bits per heavy atom. The fraction of sp³-hybridized carbons (Fsp3) is 0.200. The molecule has 26 heavy (non-hydrogen) atoms. The van der Waals surface area contributed by atoms with E-state index in [-0.39, 0.29) is 29.8 Å². The van der Waals surface area contributed by atoms with E-state index in [2.05, 4.69) is 5.32 Å². The molecule has 1 atom stereocenters. The average Bonchev–Trinajstić information content (AvgIpc) is 2.61. The van der Waals surface area contributed by atoms with Gasteiger partial charge in [-0.2, -0.15) is 0 Å². The zero-order valence-corrected chi connectivity index (χ0v) is 14.1. The van der Waals surface area contributed by atoms with Gasteiger partial charge in [0.15, 0.2) is 5.78 Å². The lowest BCUT2D eigenvalue weighted by Crippen LogP contribution is -2.25. The Morgan fingerprint density at radius 2 is 1.96 bits per heavy atom. The number of ketones is 1. The molecule has 0 radical (unpaired) electrons. The van der Waals surface area contributed by atoms with Gasteiger partial charge in [0.25, 0.3) is 0 Å². The van der Waals surface area contributed by atoms with Crippen LogP contribution in [0.15, 0.2) is 42.0 Å². The first-order chi connectivity index (χ1) is 12.4. The van der Waals surface area contributed by atoms with Crippen LogP contribution in [0.3, 0.4) is 0 Å². The number of fused-ring (bicyclic) bond motifs is 1. The van der Waals surface area contributed by atoms with Crippen LogP contribution in [0, 0.1) is 5.82 Å². The van der Waals surface area contributed by atoms with Crippen molar-refractivity contribution in [1.82, 2.24) is 0 Å². The molecule has 6 heteroatoms. The molecule has 0 spiro atoms. The minimum atomic E-state index is -1.05. The van der Waals surface area contributed by atoms with E-state index in [0.717, 1.165) is 0 Å². The number of nitrogens with one attached hydrogen (secondary N) is 1. The Morgan fingerprint density at radius 3 is 2.58 bits per heavy atom. The van der Waals surface area contributed by atoms with Gasteiger partial charge in [-0.25, -0.2) is 9.18 Å². The van der Waals surface area contributed by atoms with E-state index in [1.807, 2.05) is 0 Å². The second-order valence-corrected chi connectivity index (χ2v) is 6.19. The highest BCUT2D eigenvalue weighted by atomic mass is 19.1. The molecule has 0 aliphatic heterocycles. The molecule has 0 saturated carbocycles. The lowest BCUT2D eigenvalue weighted by atomic mass is 9.86. The summed E-state index contributed by atoms with van der Waals surface area (Å²) in [4.78, 5) is 23.3. The van der Waals surface area contributed by atoms with Crippen molar-refractivity contribution in [2.24, 2.45) is 0 Å². The van der Waals surface area contributed by atoms with Gasteiger partial charge in [0.05, 0.1) is 11.7 Å². The smallest absolute Gasteiger partial charge is 0.335 e. The number of carboxylic acids is 1. The fourth-order valence-electron chi connectivity index (χ4n) is 3.12. The Balaban J connectivity index is 1.87. The number of aliphatic hydroxyl groups excluding tert-OH is 1. The average molecular weight is 355 g/mol. The lowest BCUT2D eigenvalue weighted by molar-refractivity contribution is -0.115. The van der Waals surface area contributed by atoms with Crippen LogP contribution >= 0.6 is 0 Å². The van der Waals surface area contributed by atoms with Gasteiger partial charge in [-0.3, -0.25) is 4.79 Å². The number of carbonyl (C=O) groups excluding carboxylic acids is 1. The van der Waals surface area contributed by atoms with Crippen LogP contribution in [0.2, 0.25) is 0 Å². The Bertz CT molecular complexity index is 903. The van der Waals surface area contributed by atoms with Crippen LogP contribution in [-0.2, 0) is 17.6 Å². The van der Waals surface area contributed by atoms with Crippen LogP contribution in [0.1, 0.15) is 27.0 Å². The first-order valence-electron chi connectivity index (χ1n) is 8.14. The predicted octanol–water partition coefficient (Wildman–Crippen LogP) is 2.68. The van der Waals surface area contributed by atoms with E-state index in [1.165, 1.54) is 30.3 Å². The molecular formula is C20H18FNO4. The van der Waals surface area contributed by atoms with Gasteiger partial charge in [-0.1, -0.05) is 12.1 Å². The lowest BCUT2D eigenvalue weighted by Gasteiger charge is -2.22. The molecule has 5 nitrogen and oxygen atoms in total. The highest BCUT2D eigenvalue weighted by Gasteiger charge is 2.26. The van der Waals surface area contributed by atoms with Crippen molar-refractivity contribution in [3.63, 3.8) is 0 Å². The third-order valence-electron chi connectivity index (χ3n) is 4.48. The van der Waals surface area contributed by atoms with Crippen molar-refractivity contribution in [2.45, 2.75) is 18.9 Å². The van der Waals surface area contributed by atoms with E-state index in [9.17, 15) is 19.1 Å². The van der Waals surface area contributed by atoms with Crippen molar-refractivity contribution in [1.29, 1.82) is 0 Å². The molecule has 0 aromatic heterocycles. The Hall–Kier alpha value is -2.99. The van der Waals surface area contributed by atoms with Crippen molar-refractivity contribution >= 4 is 23.5 Å². The van der Waals surface area contributed by atoms with E-state index in [1.54, 1.807) is 19.2 Å². The summed E-state index contributed by atoms with van der Waals surface area (Å²) in [7, 11) is 1.66. The molecule has 0 amide bonds. The largest absolute Gasteiger partial charge is 0.478 e. The van der Waals surface area contributed by atoms with Crippen LogP contribution in [0.5, 0.6) is 0 Å². The standard InChI is InChI=1S/C20H18FNO4/c1-22-17-9-14(21)7-13-8-16(19(24)10-15(13)17)18(23)6-11-2-4-12(5-3-11)20(25)26/h2-5,7-9,18,22-23H,6,10H2,1H3,(H,25,26). The van der Waals surface area contributed by atoms with Crippen molar-refractivity contribution in [2.75, 3.05) is 12.4 Å². The maximum absolute atomic E-state index is 13.8. The predicted molar refractivity (Wildman–Crippen MR) is 95.7 cm³/mol. The number of aromatic carboxylic acids is 1. The zero-order valence-electron chi connectivity index (χ0n) is 14.1. The van der Waals surface area contributed by atoms with Crippen molar-refractivity contribution in [3.05, 3.63) is 70.0 Å². The molecule has 0 saturated heterocycles. The molecule has 2 aromatic carbocycles. The Kier molecular flexibility index (Phi) is 4.86. The quantitative estimate of drug-likeness (QED) is 0.768. The van der Waals surface area contributed by atoms with Gasteiger partial charge >= 0.3 is 5.97 Å². The number of Topliss-reactive ketones (excluding diaryl/α,β-unsaturated/α-hetero) is 1. The van der Waals surface area contributed by atoms with Gasteiger partial charge in [0, 0.05) is 31.1 Å². The third kappa shape index (κ3) is 3.50. The molecule has 0 fully saturated rings. The SMILES string of the molecule is CNc1cc(F)cc2c1CC(=O)C(C(O)Cc1ccc(C(=O)O)cc1)=C2.